The lowest BCUT2D eigenvalue weighted by atomic mass is 10.0. The van der Waals surface area contributed by atoms with Gasteiger partial charge in [-0.3, -0.25) is 14.9 Å². The lowest BCUT2D eigenvalue weighted by Crippen LogP contribution is -2.41. The van der Waals surface area contributed by atoms with Crippen LogP contribution in [0.4, 0.5) is 5.69 Å². The Hall–Kier alpha value is -3.26. The molecule has 8 heteroatoms. The molecule has 0 unspecified atom stereocenters. The summed E-state index contributed by atoms with van der Waals surface area (Å²) >= 11 is 0. The van der Waals surface area contributed by atoms with E-state index in [1.54, 1.807) is 11.8 Å². The van der Waals surface area contributed by atoms with E-state index in [0.717, 1.165) is 11.6 Å². The standard InChI is InChI=1S/C22H24N2O6/c1-2-29-22(26)18-12-17(13-19(14-18)24(27)28)21(25)23-10-8-20(9-11-23)30-15-16-6-4-3-5-7-16/h3-7,12-14,20H,2,8-11,15H2,1H3. The predicted molar refractivity (Wildman–Crippen MR) is 109 cm³/mol. The van der Waals surface area contributed by atoms with Crippen molar-refractivity contribution in [2.75, 3.05) is 19.7 Å². The molecule has 0 bridgehead atoms. The highest BCUT2D eigenvalue weighted by atomic mass is 16.6. The van der Waals surface area contributed by atoms with E-state index in [0.29, 0.717) is 32.5 Å². The van der Waals surface area contributed by atoms with Crippen LogP contribution in [0.5, 0.6) is 0 Å². The first kappa shape index (κ1) is 21.4. The molecule has 30 heavy (non-hydrogen) atoms. The van der Waals surface area contributed by atoms with Gasteiger partial charge in [0.1, 0.15) is 0 Å². The zero-order valence-corrected chi connectivity index (χ0v) is 16.8. The normalized spacial score (nSPS) is 14.4. The van der Waals surface area contributed by atoms with Gasteiger partial charge in [-0.25, -0.2) is 4.79 Å². The van der Waals surface area contributed by atoms with Gasteiger partial charge in [-0.15, -0.1) is 0 Å². The van der Waals surface area contributed by atoms with Crippen LogP contribution in [-0.2, 0) is 16.1 Å². The van der Waals surface area contributed by atoms with Gasteiger partial charge in [-0.05, 0) is 31.4 Å². The number of piperidine rings is 1. The van der Waals surface area contributed by atoms with E-state index in [-0.39, 0.29) is 35.4 Å². The number of hydrogen-bond acceptors (Lipinski definition) is 6. The Balaban J connectivity index is 1.64. The quantitative estimate of drug-likeness (QED) is 0.391. The van der Waals surface area contributed by atoms with Crippen LogP contribution in [-0.4, -0.2) is 47.5 Å². The van der Waals surface area contributed by atoms with Crippen LogP contribution >= 0.6 is 0 Å². The maximum atomic E-state index is 12.9. The summed E-state index contributed by atoms with van der Waals surface area (Å²) in [5, 5.41) is 11.2. The van der Waals surface area contributed by atoms with Gasteiger partial charge in [0.25, 0.3) is 11.6 Å². The Kier molecular flexibility index (Phi) is 7.13. The average molecular weight is 412 g/mol. The maximum Gasteiger partial charge on any atom is 0.338 e. The molecule has 0 aliphatic carbocycles. The molecule has 1 aliphatic rings. The van der Waals surface area contributed by atoms with E-state index < -0.39 is 10.9 Å². The summed E-state index contributed by atoms with van der Waals surface area (Å²) in [7, 11) is 0. The third-order valence-electron chi connectivity index (χ3n) is 4.94. The minimum absolute atomic E-state index is 0.00418. The van der Waals surface area contributed by atoms with Gasteiger partial charge in [0.15, 0.2) is 0 Å². The Bertz CT molecular complexity index is 907. The van der Waals surface area contributed by atoms with Crippen LogP contribution < -0.4 is 0 Å². The minimum Gasteiger partial charge on any atom is -0.462 e. The molecule has 0 saturated carbocycles. The number of amides is 1. The van der Waals surface area contributed by atoms with E-state index in [2.05, 4.69) is 0 Å². The number of nitro groups is 1. The van der Waals surface area contributed by atoms with Gasteiger partial charge in [0.2, 0.25) is 0 Å². The first-order valence-corrected chi connectivity index (χ1v) is 9.89. The highest BCUT2D eigenvalue weighted by Crippen LogP contribution is 2.22. The molecule has 1 amide bonds. The van der Waals surface area contributed by atoms with Crippen LogP contribution in [0.1, 0.15) is 46.0 Å². The smallest absolute Gasteiger partial charge is 0.338 e. The van der Waals surface area contributed by atoms with Crippen molar-refractivity contribution in [3.63, 3.8) is 0 Å². The summed E-state index contributed by atoms with van der Waals surface area (Å²) in [4.78, 5) is 37.2. The van der Waals surface area contributed by atoms with Crippen molar-refractivity contribution in [3.05, 3.63) is 75.3 Å². The first-order chi connectivity index (χ1) is 14.5. The molecule has 0 N–H and O–H groups in total. The maximum absolute atomic E-state index is 12.9. The molecular formula is C22H24N2O6. The van der Waals surface area contributed by atoms with Crippen molar-refractivity contribution in [1.82, 2.24) is 4.90 Å². The third-order valence-corrected chi connectivity index (χ3v) is 4.94. The highest BCUT2D eigenvalue weighted by Gasteiger charge is 2.26. The van der Waals surface area contributed by atoms with Crippen molar-refractivity contribution < 1.29 is 24.0 Å². The Morgan fingerprint density at radius 2 is 1.77 bits per heavy atom. The largest absolute Gasteiger partial charge is 0.462 e. The van der Waals surface area contributed by atoms with Gasteiger partial charge >= 0.3 is 5.97 Å². The number of ether oxygens (including phenoxy) is 2. The summed E-state index contributed by atoms with van der Waals surface area (Å²) < 4.78 is 10.9. The van der Waals surface area contributed by atoms with Gasteiger partial charge in [0, 0.05) is 30.8 Å². The number of carbonyl (C=O) groups is 2. The van der Waals surface area contributed by atoms with Gasteiger partial charge in [-0.2, -0.15) is 0 Å². The van der Waals surface area contributed by atoms with Crippen LogP contribution in [0, 0.1) is 10.1 Å². The fourth-order valence-corrected chi connectivity index (χ4v) is 3.37. The molecule has 158 valence electrons. The number of hydrogen-bond donors (Lipinski definition) is 0. The highest BCUT2D eigenvalue weighted by molar-refractivity contribution is 5.99. The predicted octanol–water partition coefficient (Wildman–Crippen LogP) is 3.59. The zero-order valence-electron chi connectivity index (χ0n) is 16.8. The number of carbonyl (C=O) groups excluding carboxylic acids is 2. The van der Waals surface area contributed by atoms with Crippen LogP contribution in [0.25, 0.3) is 0 Å². The van der Waals surface area contributed by atoms with Crippen molar-refractivity contribution in [3.8, 4) is 0 Å². The zero-order chi connectivity index (χ0) is 21.5. The van der Waals surface area contributed by atoms with Gasteiger partial charge in [0.05, 0.1) is 29.8 Å². The van der Waals surface area contributed by atoms with Crippen LogP contribution in [0.15, 0.2) is 48.5 Å². The monoisotopic (exact) mass is 412 g/mol. The summed E-state index contributed by atoms with van der Waals surface area (Å²) in [5.74, 6) is -1.03. The number of nitro benzene ring substituents is 1. The van der Waals surface area contributed by atoms with E-state index in [9.17, 15) is 19.7 Å². The second-order valence-electron chi connectivity index (χ2n) is 7.03. The van der Waals surface area contributed by atoms with Crippen molar-refractivity contribution >= 4 is 17.6 Å². The van der Waals surface area contributed by atoms with E-state index in [4.69, 9.17) is 9.47 Å². The molecule has 0 atom stereocenters. The Morgan fingerprint density at radius 1 is 1.10 bits per heavy atom. The van der Waals surface area contributed by atoms with Crippen LogP contribution in [0.2, 0.25) is 0 Å². The average Bonchev–Trinajstić information content (AvgIpc) is 2.78. The molecule has 0 radical (unpaired) electrons. The molecule has 8 nitrogen and oxygen atoms in total. The molecule has 0 spiro atoms. The molecule has 2 aromatic rings. The van der Waals surface area contributed by atoms with Crippen molar-refractivity contribution in [2.45, 2.75) is 32.5 Å². The molecule has 3 rings (SSSR count). The summed E-state index contributed by atoms with van der Waals surface area (Å²) in [6.45, 7) is 3.27. The summed E-state index contributed by atoms with van der Waals surface area (Å²) in [6, 6.07) is 13.6. The van der Waals surface area contributed by atoms with Crippen molar-refractivity contribution in [1.29, 1.82) is 0 Å². The van der Waals surface area contributed by atoms with Crippen molar-refractivity contribution in [2.24, 2.45) is 0 Å². The second kappa shape index (κ2) is 9.98. The Labute approximate surface area is 174 Å². The number of benzene rings is 2. The fraction of sp³-hybridized carbons (Fsp3) is 0.364. The van der Waals surface area contributed by atoms with E-state index in [1.807, 2.05) is 30.3 Å². The van der Waals surface area contributed by atoms with Gasteiger partial charge < -0.3 is 14.4 Å². The molecule has 1 saturated heterocycles. The number of likely N-dealkylation sites (tertiary alicyclic amines) is 1. The summed E-state index contributed by atoms with van der Waals surface area (Å²) in [6.07, 6.45) is 1.41. The van der Waals surface area contributed by atoms with Crippen LogP contribution in [0.3, 0.4) is 0 Å². The molecular weight excluding hydrogens is 388 g/mol. The topological polar surface area (TPSA) is 99.0 Å². The van der Waals surface area contributed by atoms with Gasteiger partial charge in [-0.1, -0.05) is 30.3 Å². The minimum atomic E-state index is -0.691. The van der Waals surface area contributed by atoms with E-state index >= 15 is 0 Å². The molecule has 1 heterocycles. The number of rotatable bonds is 7. The third kappa shape index (κ3) is 5.42. The second-order valence-corrected chi connectivity index (χ2v) is 7.03. The Morgan fingerprint density at radius 3 is 2.40 bits per heavy atom. The number of esters is 1. The SMILES string of the molecule is CCOC(=O)c1cc(C(=O)N2CCC(OCc3ccccc3)CC2)cc([N+](=O)[O-])c1. The number of non-ortho nitro benzene ring substituents is 1. The lowest BCUT2D eigenvalue weighted by Gasteiger charge is -2.32. The lowest BCUT2D eigenvalue weighted by molar-refractivity contribution is -0.384. The molecule has 0 aromatic heterocycles. The van der Waals surface area contributed by atoms with E-state index in [1.165, 1.54) is 12.1 Å². The molecule has 2 aromatic carbocycles. The summed E-state index contributed by atoms with van der Waals surface area (Å²) in [5.41, 5.74) is 0.885. The molecule has 1 aliphatic heterocycles. The first-order valence-electron chi connectivity index (χ1n) is 9.89. The molecule has 1 fully saturated rings. The fourth-order valence-electron chi connectivity index (χ4n) is 3.37. The number of nitrogens with zero attached hydrogens (tertiary/aromatic N) is 2.